The summed E-state index contributed by atoms with van der Waals surface area (Å²) in [6.07, 6.45) is 5.71. The van der Waals surface area contributed by atoms with Gasteiger partial charge in [-0.25, -0.2) is 4.98 Å². The highest BCUT2D eigenvalue weighted by atomic mass is 15.0. The Bertz CT molecular complexity index is 343. The van der Waals surface area contributed by atoms with Crippen LogP contribution < -0.4 is 10.6 Å². The molecule has 17 heavy (non-hydrogen) atoms. The first-order valence-electron chi connectivity index (χ1n) is 6.69. The van der Waals surface area contributed by atoms with Crippen LogP contribution in [0.5, 0.6) is 0 Å². The van der Waals surface area contributed by atoms with Crippen LogP contribution in [0, 0.1) is 5.92 Å². The largest absolute Gasteiger partial charge is 0.370 e. The smallest absolute Gasteiger partial charge is 0.130 e. The van der Waals surface area contributed by atoms with Crippen molar-refractivity contribution in [3.63, 3.8) is 0 Å². The van der Waals surface area contributed by atoms with E-state index in [4.69, 9.17) is 0 Å². The second-order valence-corrected chi connectivity index (χ2v) is 5.22. The Labute approximate surface area is 104 Å². The van der Waals surface area contributed by atoms with Crippen LogP contribution in [0.15, 0.2) is 18.3 Å². The zero-order chi connectivity index (χ0) is 12.1. The van der Waals surface area contributed by atoms with E-state index < -0.39 is 0 Å². The van der Waals surface area contributed by atoms with E-state index in [0.29, 0.717) is 12.0 Å². The highest BCUT2D eigenvalue weighted by Gasteiger charge is 2.18. The van der Waals surface area contributed by atoms with Crippen LogP contribution in [0.1, 0.15) is 44.7 Å². The van der Waals surface area contributed by atoms with Gasteiger partial charge in [-0.05, 0) is 31.4 Å². The fraction of sp³-hybridized carbons (Fsp3) is 0.643. The molecule has 3 heteroatoms. The van der Waals surface area contributed by atoms with Crippen LogP contribution in [0.25, 0.3) is 0 Å². The van der Waals surface area contributed by atoms with Gasteiger partial charge in [0.05, 0.1) is 0 Å². The molecular formula is C14H23N3. The van der Waals surface area contributed by atoms with E-state index in [-0.39, 0.29) is 0 Å². The Hall–Kier alpha value is -1.09. The van der Waals surface area contributed by atoms with Crippen molar-refractivity contribution in [2.45, 2.75) is 39.2 Å². The van der Waals surface area contributed by atoms with Crippen molar-refractivity contribution in [1.29, 1.82) is 0 Å². The minimum absolute atomic E-state index is 0.479. The predicted molar refractivity (Wildman–Crippen MR) is 72.2 cm³/mol. The standard InChI is InChI=1S/C14H23N3/c1-11(2)10-17-14-12(6-5-9-16-14)13-7-3-4-8-15-13/h5-6,9,11,13,15H,3-4,7-8,10H2,1-2H3,(H,16,17)/t13-/m0/s1. The lowest BCUT2D eigenvalue weighted by Crippen LogP contribution is -2.28. The summed E-state index contributed by atoms with van der Waals surface area (Å²) in [7, 11) is 0. The first-order valence-corrected chi connectivity index (χ1v) is 6.69. The molecule has 1 aromatic heterocycles. The molecule has 1 aliphatic heterocycles. The molecule has 1 aliphatic rings. The van der Waals surface area contributed by atoms with Gasteiger partial charge < -0.3 is 10.6 Å². The van der Waals surface area contributed by atoms with Crippen LogP contribution in [-0.2, 0) is 0 Å². The molecular weight excluding hydrogens is 210 g/mol. The lowest BCUT2D eigenvalue weighted by Gasteiger charge is -2.25. The Morgan fingerprint density at radius 3 is 3.06 bits per heavy atom. The lowest BCUT2D eigenvalue weighted by molar-refractivity contribution is 0.412. The number of rotatable bonds is 4. The molecule has 1 aromatic rings. The Morgan fingerprint density at radius 2 is 2.35 bits per heavy atom. The normalized spacial score (nSPS) is 20.5. The molecule has 0 aromatic carbocycles. The molecule has 0 radical (unpaired) electrons. The average molecular weight is 233 g/mol. The van der Waals surface area contributed by atoms with Gasteiger partial charge in [0.15, 0.2) is 0 Å². The van der Waals surface area contributed by atoms with E-state index in [2.05, 4.69) is 35.5 Å². The molecule has 3 nitrogen and oxygen atoms in total. The summed E-state index contributed by atoms with van der Waals surface area (Å²) in [6, 6.07) is 4.71. The highest BCUT2D eigenvalue weighted by Crippen LogP contribution is 2.27. The molecule has 0 amide bonds. The zero-order valence-corrected chi connectivity index (χ0v) is 10.9. The van der Waals surface area contributed by atoms with Gasteiger partial charge in [-0.15, -0.1) is 0 Å². The summed E-state index contributed by atoms with van der Waals surface area (Å²) in [5.74, 6) is 1.70. The number of hydrogen-bond acceptors (Lipinski definition) is 3. The van der Waals surface area contributed by atoms with Crippen LogP contribution >= 0.6 is 0 Å². The molecule has 0 aliphatic carbocycles. The summed E-state index contributed by atoms with van der Waals surface area (Å²) in [6.45, 7) is 6.54. The fourth-order valence-electron chi connectivity index (χ4n) is 2.26. The molecule has 1 atom stereocenters. The number of piperidine rings is 1. The van der Waals surface area contributed by atoms with Crippen molar-refractivity contribution in [2.24, 2.45) is 5.92 Å². The topological polar surface area (TPSA) is 37.0 Å². The number of aromatic nitrogens is 1. The van der Waals surface area contributed by atoms with Crippen molar-refractivity contribution in [2.75, 3.05) is 18.4 Å². The maximum Gasteiger partial charge on any atom is 0.130 e. The van der Waals surface area contributed by atoms with Gasteiger partial charge in [-0.1, -0.05) is 26.3 Å². The molecule has 2 N–H and O–H groups in total. The molecule has 0 unspecified atom stereocenters. The number of anilines is 1. The molecule has 94 valence electrons. The minimum Gasteiger partial charge on any atom is -0.370 e. The maximum absolute atomic E-state index is 4.47. The Morgan fingerprint density at radius 1 is 1.47 bits per heavy atom. The van der Waals surface area contributed by atoms with Crippen LogP contribution in [0.3, 0.4) is 0 Å². The van der Waals surface area contributed by atoms with Crippen molar-refractivity contribution in [3.05, 3.63) is 23.9 Å². The summed E-state index contributed by atoms with van der Waals surface area (Å²) in [5, 5.41) is 7.04. The average Bonchev–Trinajstić information content (AvgIpc) is 2.38. The molecule has 2 heterocycles. The van der Waals surface area contributed by atoms with Gasteiger partial charge in [0.2, 0.25) is 0 Å². The van der Waals surface area contributed by atoms with E-state index >= 15 is 0 Å². The van der Waals surface area contributed by atoms with Gasteiger partial charge in [0.25, 0.3) is 0 Å². The summed E-state index contributed by atoms with van der Waals surface area (Å²) in [5.41, 5.74) is 1.33. The van der Waals surface area contributed by atoms with Gasteiger partial charge in [0, 0.05) is 24.3 Å². The predicted octanol–water partition coefficient (Wildman–Crippen LogP) is 2.96. The highest BCUT2D eigenvalue weighted by molar-refractivity contribution is 5.45. The van der Waals surface area contributed by atoms with Gasteiger partial charge in [-0.2, -0.15) is 0 Å². The van der Waals surface area contributed by atoms with Crippen molar-refractivity contribution >= 4 is 5.82 Å². The number of pyridine rings is 1. The number of hydrogen-bond donors (Lipinski definition) is 2. The van der Waals surface area contributed by atoms with Crippen molar-refractivity contribution in [1.82, 2.24) is 10.3 Å². The summed E-state index contributed by atoms with van der Waals surface area (Å²) in [4.78, 5) is 4.47. The van der Waals surface area contributed by atoms with E-state index in [0.717, 1.165) is 18.9 Å². The van der Waals surface area contributed by atoms with Gasteiger partial charge in [0.1, 0.15) is 5.82 Å². The lowest BCUT2D eigenvalue weighted by atomic mass is 9.98. The van der Waals surface area contributed by atoms with Crippen LogP contribution in [-0.4, -0.2) is 18.1 Å². The van der Waals surface area contributed by atoms with Crippen molar-refractivity contribution < 1.29 is 0 Å². The molecule has 2 rings (SSSR count). The van der Waals surface area contributed by atoms with Crippen LogP contribution in [0.2, 0.25) is 0 Å². The van der Waals surface area contributed by atoms with E-state index in [1.165, 1.54) is 24.8 Å². The van der Waals surface area contributed by atoms with Gasteiger partial charge >= 0.3 is 0 Å². The molecule has 1 saturated heterocycles. The summed E-state index contributed by atoms with van der Waals surface area (Å²) < 4.78 is 0. The first-order chi connectivity index (χ1) is 8.27. The minimum atomic E-state index is 0.479. The molecule has 1 fully saturated rings. The Balaban J connectivity index is 2.09. The third-order valence-corrected chi connectivity index (χ3v) is 3.20. The maximum atomic E-state index is 4.47. The third-order valence-electron chi connectivity index (χ3n) is 3.20. The first kappa shape index (κ1) is 12.4. The van der Waals surface area contributed by atoms with E-state index in [9.17, 15) is 0 Å². The van der Waals surface area contributed by atoms with E-state index in [1.807, 2.05) is 12.3 Å². The Kier molecular flexibility index (Phi) is 4.37. The van der Waals surface area contributed by atoms with E-state index in [1.54, 1.807) is 0 Å². The summed E-state index contributed by atoms with van der Waals surface area (Å²) >= 11 is 0. The number of nitrogens with zero attached hydrogens (tertiary/aromatic N) is 1. The third kappa shape index (κ3) is 3.43. The molecule has 0 bridgehead atoms. The zero-order valence-electron chi connectivity index (χ0n) is 10.9. The molecule has 0 spiro atoms. The van der Waals surface area contributed by atoms with Crippen LogP contribution in [0.4, 0.5) is 5.82 Å². The number of nitrogens with one attached hydrogen (secondary N) is 2. The molecule has 0 saturated carbocycles. The van der Waals surface area contributed by atoms with Gasteiger partial charge in [-0.3, -0.25) is 0 Å². The second kappa shape index (κ2) is 6.01. The quantitative estimate of drug-likeness (QED) is 0.839. The second-order valence-electron chi connectivity index (χ2n) is 5.22. The monoisotopic (exact) mass is 233 g/mol. The SMILES string of the molecule is CC(C)CNc1ncccc1[C@@H]1CCCCN1. The fourth-order valence-corrected chi connectivity index (χ4v) is 2.26. The van der Waals surface area contributed by atoms with Crippen molar-refractivity contribution in [3.8, 4) is 0 Å².